The average Bonchev–Trinajstić information content (AvgIpc) is 2.91. The highest BCUT2D eigenvalue weighted by molar-refractivity contribution is 5.72. The Morgan fingerprint density at radius 1 is 1.31 bits per heavy atom. The third-order valence-electron chi connectivity index (χ3n) is 4.34. The second kappa shape index (κ2) is 4.00. The Hall–Kier alpha value is -0.610. The first-order valence-electron chi connectivity index (χ1n) is 6.34. The van der Waals surface area contributed by atoms with Crippen LogP contribution in [-0.2, 0) is 9.53 Å². The summed E-state index contributed by atoms with van der Waals surface area (Å²) in [6.07, 6.45) is 5.27. The highest BCUT2D eigenvalue weighted by atomic mass is 16.5. The van der Waals surface area contributed by atoms with Gasteiger partial charge in [0, 0.05) is 19.1 Å². The molecular weight excluding hydrogens is 206 g/mol. The molecule has 4 atom stereocenters. The second-order valence-corrected chi connectivity index (χ2v) is 5.45. The van der Waals surface area contributed by atoms with Gasteiger partial charge < -0.3 is 9.84 Å². The van der Waals surface area contributed by atoms with Crippen LogP contribution in [0.25, 0.3) is 0 Å². The minimum atomic E-state index is -0.801. The fraction of sp³-hybridized carbons (Fsp3) is 0.917. The molecule has 0 spiro atoms. The molecular formula is C12H19NO3. The van der Waals surface area contributed by atoms with Gasteiger partial charge in [0.2, 0.25) is 0 Å². The molecule has 4 nitrogen and oxygen atoms in total. The lowest BCUT2D eigenvalue weighted by Crippen LogP contribution is -2.38. The van der Waals surface area contributed by atoms with Crippen molar-refractivity contribution in [2.24, 2.45) is 5.92 Å². The second-order valence-electron chi connectivity index (χ2n) is 5.45. The van der Waals surface area contributed by atoms with E-state index < -0.39 is 12.1 Å². The molecule has 3 fully saturated rings. The number of nitrogens with zero attached hydrogens (tertiary/aromatic N) is 1. The molecule has 0 aromatic rings. The smallest absolute Gasteiger partial charge is 0.332 e. The number of carbonyl (C=O) groups is 1. The number of hydrogen-bond acceptors (Lipinski definition) is 3. The Morgan fingerprint density at radius 2 is 2.19 bits per heavy atom. The monoisotopic (exact) mass is 225 g/mol. The van der Waals surface area contributed by atoms with Crippen LogP contribution in [0.5, 0.6) is 0 Å². The third kappa shape index (κ3) is 1.84. The summed E-state index contributed by atoms with van der Waals surface area (Å²) in [4.78, 5) is 13.3. The number of carboxylic acid groups (broad SMARTS) is 1. The van der Waals surface area contributed by atoms with E-state index in [1.807, 2.05) is 0 Å². The fourth-order valence-electron chi connectivity index (χ4n) is 3.53. The maximum Gasteiger partial charge on any atom is 0.332 e. The third-order valence-corrected chi connectivity index (χ3v) is 4.34. The molecule has 4 unspecified atom stereocenters. The summed E-state index contributed by atoms with van der Waals surface area (Å²) < 4.78 is 5.55. The van der Waals surface area contributed by atoms with Gasteiger partial charge in [-0.2, -0.15) is 0 Å². The fourth-order valence-corrected chi connectivity index (χ4v) is 3.53. The molecule has 3 rings (SSSR count). The van der Waals surface area contributed by atoms with Gasteiger partial charge in [0.25, 0.3) is 0 Å². The Bertz CT molecular complexity index is 294. The number of ether oxygens (including phenoxy) is 1. The van der Waals surface area contributed by atoms with Crippen LogP contribution >= 0.6 is 0 Å². The van der Waals surface area contributed by atoms with Crippen molar-refractivity contribution in [3.05, 3.63) is 0 Å². The number of hydrogen-bond donors (Lipinski definition) is 1. The van der Waals surface area contributed by atoms with Crippen LogP contribution in [0.2, 0.25) is 0 Å². The van der Waals surface area contributed by atoms with E-state index >= 15 is 0 Å². The number of carboxylic acids is 1. The summed E-state index contributed by atoms with van der Waals surface area (Å²) in [7, 11) is 0. The zero-order chi connectivity index (χ0) is 11.1. The summed E-state index contributed by atoms with van der Waals surface area (Å²) in [6.45, 7) is 2.16. The molecule has 4 heteroatoms. The summed E-state index contributed by atoms with van der Waals surface area (Å²) in [5.74, 6) is 0.104. The molecule has 0 radical (unpaired) electrons. The molecule has 2 bridgehead atoms. The van der Waals surface area contributed by atoms with Gasteiger partial charge in [0.15, 0.2) is 6.10 Å². The minimum Gasteiger partial charge on any atom is -0.479 e. The first-order valence-corrected chi connectivity index (χ1v) is 6.34. The van der Waals surface area contributed by atoms with Crippen LogP contribution in [-0.4, -0.2) is 47.3 Å². The number of likely N-dealkylation sites (tertiary alicyclic amines) is 1. The van der Waals surface area contributed by atoms with E-state index in [-0.39, 0.29) is 6.10 Å². The summed E-state index contributed by atoms with van der Waals surface area (Å²) in [6, 6.07) is 0.762. The van der Waals surface area contributed by atoms with Crippen molar-refractivity contribution in [2.75, 3.05) is 13.1 Å². The lowest BCUT2D eigenvalue weighted by atomic mass is 10.1. The molecule has 3 aliphatic rings. The highest BCUT2D eigenvalue weighted by Crippen LogP contribution is 2.38. The van der Waals surface area contributed by atoms with Crippen LogP contribution < -0.4 is 0 Å². The molecule has 0 amide bonds. The lowest BCUT2D eigenvalue weighted by molar-refractivity contribution is -0.149. The summed E-state index contributed by atoms with van der Waals surface area (Å²) in [5, 5.41) is 8.86. The summed E-state index contributed by atoms with van der Waals surface area (Å²) >= 11 is 0. The van der Waals surface area contributed by atoms with Crippen molar-refractivity contribution in [1.82, 2.24) is 4.90 Å². The van der Waals surface area contributed by atoms with E-state index in [9.17, 15) is 4.79 Å². The normalized spacial score (nSPS) is 43.0. The molecule has 0 aromatic heterocycles. The Morgan fingerprint density at radius 3 is 2.75 bits per heavy atom. The van der Waals surface area contributed by atoms with Gasteiger partial charge in [0.05, 0.1) is 6.10 Å². The number of fused-ring (bicyclic) bond motifs is 2. The Labute approximate surface area is 95.6 Å². The molecule has 2 aliphatic heterocycles. The van der Waals surface area contributed by atoms with Gasteiger partial charge in [-0.15, -0.1) is 0 Å². The maximum absolute atomic E-state index is 10.8. The van der Waals surface area contributed by atoms with Crippen LogP contribution in [0.3, 0.4) is 0 Å². The van der Waals surface area contributed by atoms with E-state index in [0.29, 0.717) is 6.42 Å². The predicted octanol–water partition coefficient (Wildman–Crippen LogP) is 1.10. The molecule has 1 saturated carbocycles. The largest absolute Gasteiger partial charge is 0.479 e. The van der Waals surface area contributed by atoms with E-state index in [4.69, 9.17) is 9.84 Å². The maximum atomic E-state index is 10.8. The molecule has 2 saturated heterocycles. The molecule has 2 heterocycles. The van der Waals surface area contributed by atoms with Crippen LogP contribution in [0, 0.1) is 5.92 Å². The quantitative estimate of drug-likeness (QED) is 0.781. The molecule has 90 valence electrons. The van der Waals surface area contributed by atoms with Crippen LogP contribution in [0.1, 0.15) is 32.1 Å². The Kier molecular flexibility index (Phi) is 2.64. The van der Waals surface area contributed by atoms with Crippen molar-refractivity contribution in [3.63, 3.8) is 0 Å². The van der Waals surface area contributed by atoms with Crippen molar-refractivity contribution in [3.8, 4) is 0 Å². The first-order chi connectivity index (χ1) is 7.72. The predicted molar refractivity (Wildman–Crippen MR) is 58.2 cm³/mol. The van der Waals surface area contributed by atoms with E-state index in [2.05, 4.69) is 4.90 Å². The zero-order valence-corrected chi connectivity index (χ0v) is 9.47. The van der Waals surface area contributed by atoms with E-state index in [0.717, 1.165) is 24.9 Å². The minimum absolute atomic E-state index is 0.153. The van der Waals surface area contributed by atoms with Crippen molar-refractivity contribution < 1.29 is 14.6 Å². The molecule has 1 N–H and O–H groups in total. The Balaban J connectivity index is 1.51. The van der Waals surface area contributed by atoms with Crippen molar-refractivity contribution in [2.45, 2.75) is 50.4 Å². The van der Waals surface area contributed by atoms with Crippen molar-refractivity contribution >= 4 is 5.97 Å². The molecule has 16 heavy (non-hydrogen) atoms. The van der Waals surface area contributed by atoms with Gasteiger partial charge in [-0.3, -0.25) is 4.90 Å². The zero-order valence-electron chi connectivity index (χ0n) is 9.47. The van der Waals surface area contributed by atoms with E-state index in [1.165, 1.54) is 25.8 Å². The first kappa shape index (κ1) is 10.5. The number of piperidine rings is 1. The van der Waals surface area contributed by atoms with Crippen molar-refractivity contribution in [1.29, 1.82) is 0 Å². The average molecular weight is 225 g/mol. The van der Waals surface area contributed by atoms with Gasteiger partial charge >= 0.3 is 5.97 Å². The molecule has 1 aliphatic carbocycles. The SMILES string of the molecule is O=C(O)C1CCC(CN2CC3CCC2C3)O1. The number of rotatable bonds is 3. The molecule has 0 aromatic carbocycles. The van der Waals surface area contributed by atoms with Gasteiger partial charge in [-0.25, -0.2) is 4.79 Å². The van der Waals surface area contributed by atoms with Gasteiger partial charge in [0.1, 0.15) is 0 Å². The van der Waals surface area contributed by atoms with Crippen LogP contribution in [0.4, 0.5) is 0 Å². The van der Waals surface area contributed by atoms with Gasteiger partial charge in [-0.1, -0.05) is 0 Å². The lowest BCUT2D eigenvalue weighted by Gasteiger charge is -2.29. The van der Waals surface area contributed by atoms with E-state index in [1.54, 1.807) is 0 Å². The van der Waals surface area contributed by atoms with Gasteiger partial charge in [-0.05, 0) is 38.0 Å². The van der Waals surface area contributed by atoms with Crippen LogP contribution in [0.15, 0.2) is 0 Å². The highest BCUT2D eigenvalue weighted by Gasteiger charge is 2.40. The topological polar surface area (TPSA) is 49.8 Å². The summed E-state index contributed by atoms with van der Waals surface area (Å²) in [5.41, 5.74) is 0. The number of aliphatic carboxylic acids is 1. The standard InChI is InChI=1S/C12H19NO3/c14-12(15)11-4-3-10(16-11)7-13-6-8-1-2-9(13)5-8/h8-11H,1-7H2,(H,14,15).